The maximum absolute atomic E-state index is 12.3. The van der Waals surface area contributed by atoms with Gasteiger partial charge in [-0.25, -0.2) is 0 Å². The van der Waals surface area contributed by atoms with Gasteiger partial charge in [0.15, 0.2) is 0 Å². The number of rotatable bonds is 3. The maximum Gasteiger partial charge on any atom is 0.238 e. The third-order valence-electron chi connectivity index (χ3n) is 3.80. The van der Waals surface area contributed by atoms with Crippen LogP contribution in [0.15, 0.2) is 53.6 Å². The lowest BCUT2D eigenvalue weighted by Crippen LogP contribution is -2.32. The average Bonchev–Trinajstić information content (AvgIpc) is 3.03. The van der Waals surface area contributed by atoms with Crippen LogP contribution in [0.1, 0.15) is 6.42 Å². The highest BCUT2D eigenvalue weighted by molar-refractivity contribution is 8.01. The molecule has 1 aliphatic heterocycles. The summed E-state index contributed by atoms with van der Waals surface area (Å²) in [6.45, 7) is 0. The Hall–Kier alpha value is -2.80. The summed E-state index contributed by atoms with van der Waals surface area (Å²) in [6, 6.07) is 13.1. The zero-order valence-corrected chi connectivity index (χ0v) is 13.4. The van der Waals surface area contributed by atoms with Crippen LogP contribution in [-0.2, 0) is 9.59 Å². The fraction of sp³-hybridized carbons (Fsp3) is 0.118. The Morgan fingerprint density at radius 2 is 2.12 bits per heavy atom. The molecule has 1 atom stereocenters. The van der Waals surface area contributed by atoms with Crippen molar-refractivity contribution in [2.24, 2.45) is 0 Å². The number of anilines is 2. The predicted molar refractivity (Wildman–Crippen MR) is 94.1 cm³/mol. The highest BCUT2D eigenvalue weighted by Crippen LogP contribution is 2.36. The van der Waals surface area contributed by atoms with Crippen molar-refractivity contribution >= 4 is 45.9 Å². The largest absolute Gasteiger partial charge is 0.326 e. The van der Waals surface area contributed by atoms with E-state index in [4.69, 9.17) is 0 Å². The molecule has 0 spiro atoms. The van der Waals surface area contributed by atoms with Gasteiger partial charge in [0.1, 0.15) is 0 Å². The van der Waals surface area contributed by atoms with Crippen LogP contribution < -0.4 is 10.6 Å². The van der Waals surface area contributed by atoms with Gasteiger partial charge in [0, 0.05) is 22.4 Å². The van der Waals surface area contributed by atoms with Gasteiger partial charge in [-0.3, -0.25) is 14.7 Å². The van der Waals surface area contributed by atoms with Crippen molar-refractivity contribution in [3.8, 4) is 0 Å². The summed E-state index contributed by atoms with van der Waals surface area (Å²) < 4.78 is 0. The zero-order chi connectivity index (χ0) is 16.5. The van der Waals surface area contributed by atoms with E-state index in [-0.39, 0.29) is 18.2 Å². The molecule has 2 amide bonds. The van der Waals surface area contributed by atoms with Crippen LogP contribution in [-0.4, -0.2) is 27.3 Å². The molecule has 0 saturated carbocycles. The first-order valence-electron chi connectivity index (χ1n) is 7.48. The van der Waals surface area contributed by atoms with Crippen LogP contribution in [0.5, 0.6) is 0 Å². The van der Waals surface area contributed by atoms with Gasteiger partial charge in [0.05, 0.1) is 22.7 Å². The zero-order valence-electron chi connectivity index (χ0n) is 12.6. The van der Waals surface area contributed by atoms with Crippen LogP contribution in [0.2, 0.25) is 0 Å². The van der Waals surface area contributed by atoms with Crippen molar-refractivity contribution in [1.29, 1.82) is 0 Å². The number of nitrogens with zero attached hydrogens (tertiary/aromatic N) is 1. The number of thioether (sulfide) groups is 1. The van der Waals surface area contributed by atoms with E-state index < -0.39 is 5.25 Å². The molecule has 1 aliphatic rings. The number of carbonyl (C=O) groups is 2. The SMILES string of the molecule is O=C(CC1Sc2ccccc2NC1=O)Nc1ccc2[nH]ncc2c1. The monoisotopic (exact) mass is 338 g/mol. The van der Waals surface area contributed by atoms with Gasteiger partial charge in [-0.15, -0.1) is 11.8 Å². The molecule has 24 heavy (non-hydrogen) atoms. The van der Waals surface area contributed by atoms with Gasteiger partial charge in [-0.1, -0.05) is 12.1 Å². The lowest BCUT2D eigenvalue weighted by atomic mass is 10.2. The first-order chi connectivity index (χ1) is 11.7. The van der Waals surface area contributed by atoms with Crippen molar-refractivity contribution in [2.75, 3.05) is 10.6 Å². The van der Waals surface area contributed by atoms with Gasteiger partial charge < -0.3 is 10.6 Å². The molecule has 2 heterocycles. The number of hydrogen-bond donors (Lipinski definition) is 3. The van der Waals surface area contributed by atoms with Gasteiger partial charge in [-0.05, 0) is 30.3 Å². The van der Waals surface area contributed by atoms with Crippen LogP contribution in [0.3, 0.4) is 0 Å². The van der Waals surface area contributed by atoms with Crippen molar-refractivity contribution in [2.45, 2.75) is 16.6 Å². The first kappa shape index (κ1) is 14.8. The Kier molecular flexibility index (Phi) is 3.70. The minimum absolute atomic E-state index is 0.119. The third-order valence-corrected chi connectivity index (χ3v) is 5.08. The van der Waals surface area contributed by atoms with E-state index in [1.165, 1.54) is 11.8 Å². The first-order valence-corrected chi connectivity index (χ1v) is 8.36. The summed E-state index contributed by atoms with van der Waals surface area (Å²) in [5, 5.41) is 13.0. The lowest BCUT2D eigenvalue weighted by molar-refractivity contribution is -0.120. The third kappa shape index (κ3) is 2.85. The molecule has 0 bridgehead atoms. The molecule has 0 fully saturated rings. The molecule has 3 aromatic rings. The number of fused-ring (bicyclic) bond motifs is 2. The summed E-state index contributed by atoms with van der Waals surface area (Å²) in [6.07, 6.45) is 1.82. The van der Waals surface area contributed by atoms with Crippen molar-refractivity contribution in [3.63, 3.8) is 0 Å². The number of hydrogen-bond acceptors (Lipinski definition) is 4. The normalized spacial score (nSPS) is 16.5. The van der Waals surface area contributed by atoms with Gasteiger partial charge in [-0.2, -0.15) is 5.10 Å². The van der Waals surface area contributed by atoms with Crippen LogP contribution in [0, 0.1) is 0 Å². The molecule has 120 valence electrons. The topological polar surface area (TPSA) is 86.9 Å². The quantitative estimate of drug-likeness (QED) is 0.685. The average molecular weight is 338 g/mol. The number of aromatic nitrogens is 2. The Labute approximate surface area is 142 Å². The molecule has 6 nitrogen and oxygen atoms in total. The second kappa shape index (κ2) is 6.01. The molecular weight excluding hydrogens is 324 g/mol. The second-order valence-corrected chi connectivity index (χ2v) is 6.76. The van der Waals surface area contributed by atoms with E-state index in [1.54, 1.807) is 6.20 Å². The Morgan fingerprint density at radius 1 is 1.25 bits per heavy atom. The number of carbonyl (C=O) groups excluding carboxylic acids is 2. The Balaban J connectivity index is 1.45. The van der Waals surface area contributed by atoms with Crippen LogP contribution >= 0.6 is 11.8 Å². The van der Waals surface area contributed by atoms with E-state index in [2.05, 4.69) is 20.8 Å². The summed E-state index contributed by atoms with van der Waals surface area (Å²) in [4.78, 5) is 25.4. The van der Waals surface area contributed by atoms with Crippen LogP contribution in [0.4, 0.5) is 11.4 Å². The van der Waals surface area contributed by atoms with E-state index in [9.17, 15) is 9.59 Å². The molecule has 2 aromatic carbocycles. The molecule has 7 heteroatoms. The van der Waals surface area contributed by atoms with Crippen molar-refractivity contribution in [3.05, 3.63) is 48.7 Å². The summed E-state index contributed by atoms with van der Waals surface area (Å²) >= 11 is 1.42. The predicted octanol–water partition coefficient (Wildman–Crippen LogP) is 3.00. The number of H-pyrrole nitrogens is 1. The van der Waals surface area contributed by atoms with Gasteiger partial charge in [0.25, 0.3) is 0 Å². The summed E-state index contributed by atoms with van der Waals surface area (Å²) in [5.41, 5.74) is 2.40. The van der Waals surface area contributed by atoms with Gasteiger partial charge >= 0.3 is 0 Å². The standard InChI is InChI=1S/C17H14N4O2S/c22-16(19-11-5-6-12-10(7-11)9-18-21-12)8-15-17(23)20-13-3-1-2-4-14(13)24-15/h1-7,9,15H,8H2,(H,18,21)(H,19,22)(H,20,23). The number of para-hydroxylation sites is 1. The van der Waals surface area contributed by atoms with E-state index >= 15 is 0 Å². The van der Waals surface area contributed by atoms with Crippen molar-refractivity contribution in [1.82, 2.24) is 10.2 Å². The number of aromatic amines is 1. The molecule has 1 aromatic heterocycles. The second-order valence-electron chi connectivity index (χ2n) is 5.52. The smallest absolute Gasteiger partial charge is 0.238 e. The van der Waals surface area contributed by atoms with E-state index in [0.717, 1.165) is 21.5 Å². The van der Waals surface area contributed by atoms with Crippen molar-refractivity contribution < 1.29 is 9.59 Å². The highest BCUT2D eigenvalue weighted by atomic mass is 32.2. The molecule has 3 N–H and O–H groups in total. The summed E-state index contributed by atoms with van der Waals surface area (Å²) in [5.74, 6) is -0.330. The molecular formula is C17H14N4O2S. The minimum atomic E-state index is -0.433. The molecule has 0 saturated heterocycles. The minimum Gasteiger partial charge on any atom is -0.326 e. The number of benzene rings is 2. The molecule has 4 rings (SSSR count). The number of amides is 2. The highest BCUT2D eigenvalue weighted by Gasteiger charge is 2.28. The molecule has 1 unspecified atom stereocenters. The van der Waals surface area contributed by atoms with E-state index in [1.807, 2.05) is 42.5 Å². The Bertz CT molecular complexity index is 937. The molecule has 0 radical (unpaired) electrons. The number of nitrogens with one attached hydrogen (secondary N) is 3. The Morgan fingerprint density at radius 3 is 3.04 bits per heavy atom. The summed E-state index contributed by atoms with van der Waals surface area (Å²) in [7, 11) is 0. The maximum atomic E-state index is 12.3. The molecule has 0 aliphatic carbocycles. The van der Waals surface area contributed by atoms with Gasteiger partial charge in [0.2, 0.25) is 11.8 Å². The fourth-order valence-electron chi connectivity index (χ4n) is 2.63. The lowest BCUT2D eigenvalue weighted by Gasteiger charge is -2.23. The van der Waals surface area contributed by atoms with Crippen LogP contribution in [0.25, 0.3) is 10.9 Å². The van der Waals surface area contributed by atoms with E-state index in [0.29, 0.717) is 5.69 Å². The fourth-order valence-corrected chi connectivity index (χ4v) is 3.74.